The van der Waals surface area contributed by atoms with Gasteiger partial charge in [0.1, 0.15) is 12.1 Å². The number of aromatic nitrogens is 4. The van der Waals surface area contributed by atoms with Crippen LogP contribution in [0.1, 0.15) is 35.9 Å². The fourth-order valence-electron chi connectivity index (χ4n) is 6.40. The van der Waals surface area contributed by atoms with E-state index in [1.807, 2.05) is 19.9 Å². The lowest BCUT2D eigenvalue weighted by Gasteiger charge is -2.45. The monoisotopic (exact) mass is 659 g/mol. The predicted octanol–water partition coefficient (Wildman–Crippen LogP) is 5.40. The van der Waals surface area contributed by atoms with Gasteiger partial charge in [-0.2, -0.15) is 0 Å². The molecule has 1 aliphatic rings. The maximum Gasteiger partial charge on any atom is 0.325 e. The van der Waals surface area contributed by atoms with Gasteiger partial charge in [0.25, 0.3) is 5.91 Å². The van der Waals surface area contributed by atoms with Crippen LogP contribution in [0.3, 0.4) is 0 Å². The summed E-state index contributed by atoms with van der Waals surface area (Å²) < 4.78 is 6.06. The third-order valence-electron chi connectivity index (χ3n) is 8.35. The molecule has 4 aromatic heterocycles. The number of primary amides is 1. The minimum absolute atomic E-state index is 0.00741. The molecule has 5 heterocycles. The van der Waals surface area contributed by atoms with E-state index in [0.29, 0.717) is 43.6 Å². The Kier molecular flexibility index (Phi) is 7.13. The molecule has 0 saturated carbocycles. The van der Waals surface area contributed by atoms with Crippen LogP contribution in [0.2, 0.25) is 10.0 Å². The van der Waals surface area contributed by atoms with E-state index in [2.05, 4.69) is 25.3 Å². The molecule has 1 saturated heterocycles. The van der Waals surface area contributed by atoms with Gasteiger partial charge in [-0.05, 0) is 50.2 Å². The zero-order valence-corrected chi connectivity index (χ0v) is 26.0. The number of H-pyrrole nitrogens is 2. The fraction of sp³-hybridized carbons (Fsp3) is 0.219. The predicted molar refractivity (Wildman–Crippen MR) is 175 cm³/mol. The Morgan fingerprint density at radius 3 is 2.48 bits per heavy atom. The first-order valence-electron chi connectivity index (χ1n) is 14.3. The molecule has 0 bridgehead atoms. The van der Waals surface area contributed by atoms with Crippen LogP contribution in [0.15, 0.2) is 55.0 Å². The van der Waals surface area contributed by atoms with Crippen molar-refractivity contribution in [2.45, 2.75) is 31.5 Å². The van der Waals surface area contributed by atoms with Crippen molar-refractivity contribution in [3.8, 4) is 0 Å². The first-order chi connectivity index (χ1) is 21.9. The third kappa shape index (κ3) is 4.99. The van der Waals surface area contributed by atoms with Crippen molar-refractivity contribution in [3.63, 3.8) is 0 Å². The molecular weight excluding hydrogens is 633 g/mol. The van der Waals surface area contributed by atoms with E-state index in [1.54, 1.807) is 47.6 Å². The number of carboxylic acid groups (broad SMARTS) is 1. The van der Waals surface area contributed by atoms with Crippen molar-refractivity contribution in [1.82, 2.24) is 24.8 Å². The Labute approximate surface area is 270 Å². The SMILES string of the molecule is CC1(C)CN(C(C(=O)O)c2cc(Cl)cc3c2[nH]c2c(C(N)=O)nccc23)C(C(=O)Nc2cc(Cl)cc3c2[nH]c2cnccc23)CO1. The molecule has 0 spiro atoms. The molecule has 46 heavy (non-hydrogen) atoms. The summed E-state index contributed by atoms with van der Waals surface area (Å²) in [6.45, 7) is 3.66. The number of pyridine rings is 2. The molecule has 7 rings (SSSR count). The van der Waals surface area contributed by atoms with Gasteiger partial charge in [0.15, 0.2) is 5.69 Å². The molecule has 2 atom stereocenters. The fourth-order valence-corrected chi connectivity index (χ4v) is 6.84. The summed E-state index contributed by atoms with van der Waals surface area (Å²) >= 11 is 13.1. The highest BCUT2D eigenvalue weighted by atomic mass is 35.5. The van der Waals surface area contributed by atoms with Crippen molar-refractivity contribution in [2.75, 3.05) is 18.5 Å². The molecule has 2 unspecified atom stereocenters. The van der Waals surface area contributed by atoms with E-state index in [0.717, 1.165) is 16.3 Å². The number of anilines is 1. The smallest absolute Gasteiger partial charge is 0.325 e. The van der Waals surface area contributed by atoms with Crippen molar-refractivity contribution >= 4 is 90.3 Å². The van der Waals surface area contributed by atoms with Gasteiger partial charge in [-0.1, -0.05) is 23.2 Å². The van der Waals surface area contributed by atoms with Crippen LogP contribution in [0.25, 0.3) is 43.6 Å². The third-order valence-corrected chi connectivity index (χ3v) is 8.78. The molecule has 2 aromatic carbocycles. The van der Waals surface area contributed by atoms with Gasteiger partial charge in [0.2, 0.25) is 5.91 Å². The van der Waals surface area contributed by atoms with Gasteiger partial charge in [-0.15, -0.1) is 0 Å². The maximum absolute atomic E-state index is 14.1. The Bertz CT molecular complexity index is 2250. The van der Waals surface area contributed by atoms with Crippen LogP contribution < -0.4 is 11.1 Å². The molecule has 12 nitrogen and oxygen atoms in total. The highest BCUT2D eigenvalue weighted by Gasteiger charge is 2.45. The van der Waals surface area contributed by atoms with E-state index in [-0.39, 0.29) is 23.9 Å². The van der Waals surface area contributed by atoms with Crippen molar-refractivity contribution < 1.29 is 24.2 Å². The minimum Gasteiger partial charge on any atom is -0.480 e. The number of rotatable bonds is 6. The Morgan fingerprint density at radius 2 is 1.74 bits per heavy atom. The summed E-state index contributed by atoms with van der Waals surface area (Å²) in [5.41, 5.74) is 7.71. The Morgan fingerprint density at radius 1 is 1.02 bits per heavy atom. The second-order valence-electron chi connectivity index (χ2n) is 11.9. The number of carbonyl (C=O) groups excluding carboxylic acids is 2. The topological polar surface area (TPSA) is 179 Å². The molecule has 0 radical (unpaired) electrons. The molecule has 234 valence electrons. The lowest BCUT2D eigenvalue weighted by atomic mass is 9.95. The Balaban J connectivity index is 1.34. The van der Waals surface area contributed by atoms with Crippen LogP contribution in [-0.4, -0.2) is 72.5 Å². The number of hydrogen-bond donors (Lipinski definition) is 5. The summed E-state index contributed by atoms with van der Waals surface area (Å²) in [6, 6.07) is 7.82. The second kappa shape index (κ2) is 11.0. The standard InChI is InChI=1S/C32H27Cl2N7O5/c1-32(2)13-41(23(12-46-32)30(43)39-21-10-15(34)8-18-16-3-5-36-11-22(16)38-25(18)21)28(31(44)45)20-9-14(33)7-19-17-4-6-37-27(29(35)42)26(17)40-24(19)20/h3-11,23,28,38,40H,12-13H2,1-2H3,(H2,35,42)(H,39,43)(H,44,45). The number of hydrogen-bond acceptors (Lipinski definition) is 7. The Hall–Kier alpha value is -4.75. The lowest BCUT2D eigenvalue weighted by molar-refractivity contribution is -0.162. The molecule has 1 aliphatic heterocycles. The van der Waals surface area contributed by atoms with Crippen molar-refractivity contribution in [3.05, 3.63) is 76.3 Å². The average molecular weight is 661 g/mol. The van der Waals surface area contributed by atoms with E-state index in [4.69, 9.17) is 33.7 Å². The number of amides is 2. The number of aromatic amines is 2. The van der Waals surface area contributed by atoms with Gasteiger partial charge in [0.05, 0.1) is 46.2 Å². The summed E-state index contributed by atoms with van der Waals surface area (Å²) in [5, 5.41) is 17.3. The molecular formula is C32H27Cl2N7O5. The number of halogens is 2. The summed E-state index contributed by atoms with van der Waals surface area (Å²) in [4.78, 5) is 55.8. The zero-order chi connectivity index (χ0) is 32.5. The quantitative estimate of drug-likeness (QED) is 0.158. The minimum atomic E-state index is -1.35. The molecule has 2 amide bonds. The number of ether oxygens (including phenoxy) is 1. The highest BCUT2D eigenvalue weighted by Crippen LogP contribution is 2.39. The van der Waals surface area contributed by atoms with E-state index >= 15 is 0 Å². The largest absolute Gasteiger partial charge is 0.480 e. The van der Waals surface area contributed by atoms with Crippen LogP contribution in [0.5, 0.6) is 0 Å². The van der Waals surface area contributed by atoms with E-state index in [1.165, 1.54) is 6.20 Å². The van der Waals surface area contributed by atoms with E-state index in [9.17, 15) is 19.5 Å². The molecule has 0 aliphatic carbocycles. The molecule has 6 aromatic rings. The summed E-state index contributed by atoms with van der Waals surface area (Å²) in [6.07, 6.45) is 4.81. The molecule has 14 heteroatoms. The number of fused-ring (bicyclic) bond motifs is 6. The average Bonchev–Trinajstić information content (AvgIpc) is 3.55. The van der Waals surface area contributed by atoms with Crippen LogP contribution in [-0.2, 0) is 14.3 Å². The number of carboxylic acids is 1. The number of morpholine rings is 1. The van der Waals surface area contributed by atoms with Gasteiger partial charge in [-0.25, -0.2) is 4.98 Å². The zero-order valence-electron chi connectivity index (χ0n) is 24.5. The summed E-state index contributed by atoms with van der Waals surface area (Å²) in [5.74, 6) is -2.44. The van der Waals surface area contributed by atoms with Crippen LogP contribution in [0, 0.1) is 0 Å². The van der Waals surface area contributed by atoms with E-state index < -0.39 is 35.5 Å². The number of benzene rings is 2. The van der Waals surface area contributed by atoms with Gasteiger partial charge >= 0.3 is 5.97 Å². The second-order valence-corrected chi connectivity index (χ2v) is 12.8. The van der Waals surface area contributed by atoms with Gasteiger partial charge in [-0.3, -0.25) is 24.3 Å². The number of aliphatic carboxylic acids is 1. The van der Waals surface area contributed by atoms with Crippen molar-refractivity contribution in [2.24, 2.45) is 5.73 Å². The lowest BCUT2D eigenvalue weighted by Crippen LogP contribution is -2.60. The van der Waals surface area contributed by atoms with Crippen LogP contribution in [0.4, 0.5) is 5.69 Å². The van der Waals surface area contributed by atoms with Crippen molar-refractivity contribution in [1.29, 1.82) is 0 Å². The van der Waals surface area contributed by atoms with Crippen LogP contribution >= 0.6 is 23.2 Å². The molecule has 1 fully saturated rings. The number of carbonyl (C=O) groups is 3. The normalized spacial score (nSPS) is 17.5. The summed E-state index contributed by atoms with van der Waals surface area (Å²) in [7, 11) is 0. The first kappa shape index (κ1) is 29.9. The maximum atomic E-state index is 14.1. The first-order valence-corrected chi connectivity index (χ1v) is 15.1. The number of nitrogens with one attached hydrogen (secondary N) is 3. The number of nitrogens with zero attached hydrogens (tertiary/aromatic N) is 3. The number of nitrogens with two attached hydrogens (primary N) is 1. The molecule has 6 N–H and O–H groups in total. The highest BCUT2D eigenvalue weighted by molar-refractivity contribution is 6.33. The van der Waals surface area contributed by atoms with Gasteiger partial charge < -0.3 is 30.9 Å². The van der Waals surface area contributed by atoms with Gasteiger partial charge in [0, 0.05) is 56.1 Å².